The topological polar surface area (TPSA) is 63.4 Å². The first-order valence-electron chi connectivity index (χ1n) is 4.41. The predicted molar refractivity (Wildman–Crippen MR) is 56.5 cm³/mol. The van der Waals surface area contributed by atoms with E-state index >= 15 is 0 Å². The summed E-state index contributed by atoms with van der Waals surface area (Å²) < 4.78 is 0. The first-order valence-corrected chi connectivity index (χ1v) is 4.41. The van der Waals surface area contributed by atoms with E-state index in [9.17, 15) is 10.1 Å². The third-order valence-corrected chi connectivity index (χ3v) is 2.04. The molecule has 1 aromatic rings. The molecule has 0 aliphatic carbocycles. The summed E-state index contributed by atoms with van der Waals surface area (Å²) >= 11 is 0. The van der Waals surface area contributed by atoms with Gasteiger partial charge in [0.25, 0.3) is 5.69 Å². The molecule has 0 saturated heterocycles. The normalized spacial score (nSPS) is 9.27. The van der Waals surface area contributed by atoms with Crippen molar-refractivity contribution in [2.45, 2.75) is 13.8 Å². The fraction of sp³-hybridized carbons (Fsp3) is 0.273. The first kappa shape index (κ1) is 11.2. The van der Waals surface area contributed by atoms with Gasteiger partial charge >= 0.3 is 0 Å². The molecule has 1 aromatic carbocycles. The molecule has 4 nitrogen and oxygen atoms in total. The first-order chi connectivity index (χ1) is 7.06. The molecule has 1 N–H and O–H groups in total. The highest BCUT2D eigenvalue weighted by atomic mass is 16.6. The standard InChI is InChI=1S/C11H11NO3/c1-8-6-9(2)11(12(14)15)7-10(8)4-3-5-13/h6-7,13H,5H2,1-2H3. The molecule has 4 heteroatoms. The summed E-state index contributed by atoms with van der Waals surface area (Å²) in [6.45, 7) is 3.27. The van der Waals surface area contributed by atoms with E-state index < -0.39 is 4.92 Å². The van der Waals surface area contributed by atoms with E-state index in [-0.39, 0.29) is 12.3 Å². The number of aryl methyl sites for hydroxylation is 2. The van der Waals surface area contributed by atoms with Crippen LogP contribution in [-0.2, 0) is 0 Å². The summed E-state index contributed by atoms with van der Waals surface area (Å²) in [7, 11) is 0. The number of hydrogen-bond donors (Lipinski definition) is 1. The molecule has 0 aliphatic heterocycles. The maximum Gasteiger partial charge on any atom is 0.273 e. The van der Waals surface area contributed by atoms with E-state index in [1.165, 1.54) is 6.07 Å². The van der Waals surface area contributed by atoms with Crippen LogP contribution in [0.15, 0.2) is 12.1 Å². The van der Waals surface area contributed by atoms with Gasteiger partial charge in [0.05, 0.1) is 4.92 Å². The van der Waals surface area contributed by atoms with Gasteiger partial charge in [-0.3, -0.25) is 10.1 Å². The predicted octanol–water partition coefficient (Wildman–Crippen LogP) is 1.56. The van der Waals surface area contributed by atoms with E-state index in [0.717, 1.165) is 5.56 Å². The van der Waals surface area contributed by atoms with Gasteiger partial charge in [-0.1, -0.05) is 11.8 Å². The molecule has 0 radical (unpaired) electrons. The Kier molecular flexibility index (Phi) is 3.42. The lowest BCUT2D eigenvalue weighted by molar-refractivity contribution is -0.385. The molecule has 15 heavy (non-hydrogen) atoms. The van der Waals surface area contributed by atoms with Gasteiger partial charge in [-0.2, -0.15) is 0 Å². The van der Waals surface area contributed by atoms with Crippen molar-refractivity contribution in [3.8, 4) is 11.8 Å². The lowest BCUT2D eigenvalue weighted by atomic mass is 10.0. The molecule has 0 aromatic heterocycles. The molecule has 0 saturated carbocycles. The van der Waals surface area contributed by atoms with E-state index in [2.05, 4.69) is 11.8 Å². The van der Waals surface area contributed by atoms with Crippen LogP contribution in [0.5, 0.6) is 0 Å². The Labute approximate surface area is 87.7 Å². The molecular weight excluding hydrogens is 194 g/mol. The molecule has 78 valence electrons. The number of nitro groups is 1. The molecular formula is C11H11NO3. The van der Waals surface area contributed by atoms with E-state index in [1.54, 1.807) is 13.0 Å². The van der Waals surface area contributed by atoms with Gasteiger partial charge in [0.15, 0.2) is 0 Å². The summed E-state index contributed by atoms with van der Waals surface area (Å²) in [6, 6.07) is 3.16. The number of nitro benzene ring substituents is 1. The maximum atomic E-state index is 10.7. The van der Waals surface area contributed by atoms with Crippen molar-refractivity contribution in [2.75, 3.05) is 6.61 Å². The van der Waals surface area contributed by atoms with Gasteiger partial charge < -0.3 is 5.11 Å². The monoisotopic (exact) mass is 205 g/mol. The highest BCUT2D eigenvalue weighted by Crippen LogP contribution is 2.21. The fourth-order valence-corrected chi connectivity index (χ4v) is 1.31. The van der Waals surface area contributed by atoms with Crippen LogP contribution in [0.25, 0.3) is 0 Å². The Morgan fingerprint density at radius 2 is 2.07 bits per heavy atom. The summed E-state index contributed by atoms with van der Waals surface area (Å²) in [4.78, 5) is 10.2. The summed E-state index contributed by atoms with van der Waals surface area (Å²) in [5.74, 6) is 5.15. The second-order valence-corrected chi connectivity index (χ2v) is 3.17. The smallest absolute Gasteiger partial charge is 0.273 e. The van der Waals surface area contributed by atoms with Crippen molar-refractivity contribution in [1.82, 2.24) is 0 Å². The number of rotatable bonds is 1. The van der Waals surface area contributed by atoms with Gasteiger partial charge in [0.1, 0.15) is 6.61 Å². The van der Waals surface area contributed by atoms with Crippen LogP contribution in [0.1, 0.15) is 16.7 Å². The van der Waals surface area contributed by atoms with E-state index in [0.29, 0.717) is 11.1 Å². The van der Waals surface area contributed by atoms with E-state index in [4.69, 9.17) is 5.11 Å². The molecule has 1 rings (SSSR count). The Bertz CT molecular complexity index is 455. The Morgan fingerprint density at radius 1 is 1.40 bits per heavy atom. The zero-order chi connectivity index (χ0) is 11.4. The van der Waals surface area contributed by atoms with Crippen LogP contribution in [0.3, 0.4) is 0 Å². The highest BCUT2D eigenvalue weighted by molar-refractivity contribution is 5.52. The molecule has 0 amide bonds. The Balaban J connectivity index is 3.29. The fourth-order valence-electron chi connectivity index (χ4n) is 1.31. The zero-order valence-corrected chi connectivity index (χ0v) is 8.57. The number of aliphatic hydroxyl groups excluding tert-OH is 1. The maximum absolute atomic E-state index is 10.7. The van der Waals surface area contributed by atoms with Gasteiger partial charge in [0, 0.05) is 17.2 Å². The molecule has 0 atom stereocenters. The minimum atomic E-state index is -0.432. The van der Waals surface area contributed by atoms with Crippen LogP contribution in [0.2, 0.25) is 0 Å². The number of aliphatic hydroxyl groups is 1. The van der Waals surface area contributed by atoms with Crippen molar-refractivity contribution in [2.24, 2.45) is 0 Å². The van der Waals surface area contributed by atoms with Crippen LogP contribution in [-0.4, -0.2) is 16.6 Å². The Hall–Kier alpha value is -1.86. The molecule has 0 unspecified atom stereocenters. The van der Waals surface area contributed by atoms with Gasteiger partial charge in [-0.25, -0.2) is 0 Å². The average molecular weight is 205 g/mol. The number of hydrogen-bond acceptors (Lipinski definition) is 3. The highest BCUT2D eigenvalue weighted by Gasteiger charge is 2.12. The van der Waals surface area contributed by atoms with Crippen molar-refractivity contribution in [3.05, 3.63) is 38.9 Å². The largest absolute Gasteiger partial charge is 0.384 e. The van der Waals surface area contributed by atoms with Gasteiger partial charge in [-0.05, 0) is 25.5 Å². The van der Waals surface area contributed by atoms with Crippen LogP contribution in [0, 0.1) is 35.8 Å². The zero-order valence-electron chi connectivity index (χ0n) is 8.57. The minimum Gasteiger partial charge on any atom is -0.384 e. The average Bonchev–Trinajstić information content (AvgIpc) is 2.16. The summed E-state index contributed by atoms with van der Waals surface area (Å²) in [6.07, 6.45) is 0. The van der Waals surface area contributed by atoms with Crippen molar-refractivity contribution in [1.29, 1.82) is 0 Å². The second-order valence-electron chi connectivity index (χ2n) is 3.17. The van der Waals surface area contributed by atoms with E-state index in [1.807, 2.05) is 6.92 Å². The number of benzene rings is 1. The minimum absolute atomic E-state index is 0.0582. The second kappa shape index (κ2) is 4.58. The lowest BCUT2D eigenvalue weighted by Crippen LogP contribution is -1.94. The number of nitrogens with zero attached hydrogens (tertiary/aromatic N) is 1. The van der Waals surface area contributed by atoms with Gasteiger partial charge in [0.2, 0.25) is 0 Å². The summed E-state index contributed by atoms with van der Waals surface area (Å²) in [5.41, 5.74) is 2.13. The molecule has 0 heterocycles. The lowest BCUT2D eigenvalue weighted by Gasteiger charge is -2.01. The van der Waals surface area contributed by atoms with Crippen molar-refractivity contribution >= 4 is 5.69 Å². The SMILES string of the molecule is Cc1cc(C)c([N+](=O)[O-])cc1C#CCO. The van der Waals surface area contributed by atoms with Crippen LogP contribution < -0.4 is 0 Å². The Morgan fingerprint density at radius 3 is 2.60 bits per heavy atom. The molecule has 0 fully saturated rings. The molecule has 0 spiro atoms. The third-order valence-electron chi connectivity index (χ3n) is 2.04. The van der Waals surface area contributed by atoms with Crippen LogP contribution in [0.4, 0.5) is 5.69 Å². The van der Waals surface area contributed by atoms with Crippen molar-refractivity contribution in [3.63, 3.8) is 0 Å². The quantitative estimate of drug-likeness (QED) is 0.430. The van der Waals surface area contributed by atoms with Crippen LogP contribution >= 0.6 is 0 Å². The molecule has 0 bridgehead atoms. The van der Waals surface area contributed by atoms with Gasteiger partial charge in [-0.15, -0.1) is 0 Å². The summed E-state index contributed by atoms with van der Waals surface area (Å²) in [5, 5.41) is 19.2. The molecule has 0 aliphatic rings. The third kappa shape index (κ3) is 2.55. The van der Waals surface area contributed by atoms with Crippen molar-refractivity contribution < 1.29 is 10.0 Å².